The Kier molecular flexibility index (Phi) is 5.00. The number of rotatable bonds is 8. The van der Waals surface area contributed by atoms with Crippen LogP contribution in [0.2, 0.25) is 0 Å². The van der Waals surface area contributed by atoms with Crippen molar-refractivity contribution < 1.29 is 0 Å². The zero-order valence-electron chi connectivity index (χ0n) is 12.4. The lowest BCUT2D eigenvalue weighted by atomic mass is 9.87. The quantitative estimate of drug-likeness (QED) is 0.754. The van der Waals surface area contributed by atoms with Crippen LogP contribution < -0.4 is 11.1 Å². The van der Waals surface area contributed by atoms with Crippen molar-refractivity contribution >= 4 is 0 Å². The highest BCUT2D eigenvalue weighted by Crippen LogP contribution is 2.36. The largest absolute Gasteiger partial charge is 0.329 e. The highest BCUT2D eigenvalue weighted by molar-refractivity contribution is 5.18. The van der Waals surface area contributed by atoms with E-state index in [1.807, 2.05) is 0 Å². The summed E-state index contributed by atoms with van der Waals surface area (Å²) in [6, 6.07) is 10.7. The zero-order chi connectivity index (χ0) is 13.7. The molecule has 1 aromatic carbocycles. The number of benzene rings is 1. The fraction of sp³-hybridized carbons (Fsp3) is 0.647. The Hall–Kier alpha value is -0.860. The SMILES string of the molecule is CCC(CN)(Cc1ccccc1)NCC(C)C1CC1. The van der Waals surface area contributed by atoms with Crippen molar-refractivity contribution in [3.05, 3.63) is 35.9 Å². The van der Waals surface area contributed by atoms with Gasteiger partial charge in [0.05, 0.1) is 0 Å². The van der Waals surface area contributed by atoms with E-state index < -0.39 is 0 Å². The molecule has 0 heterocycles. The van der Waals surface area contributed by atoms with Crippen LogP contribution in [0.25, 0.3) is 0 Å². The fourth-order valence-electron chi connectivity index (χ4n) is 2.80. The van der Waals surface area contributed by atoms with Crippen molar-refractivity contribution in [3.63, 3.8) is 0 Å². The molecule has 1 saturated carbocycles. The monoisotopic (exact) mass is 260 g/mol. The summed E-state index contributed by atoms with van der Waals surface area (Å²) in [4.78, 5) is 0. The van der Waals surface area contributed by atoms with Gasteiger partial charge in [-0.2, -0.15) is 0 Å². The molecule has 2 atom stereocenters. The predicted molar refractivity (Wildman–Crippen MR) is 82.1 cm³/mol. The first-order chi connectivity index (χ1) is 9.19. The Morgan fingerprint density at radius 3 is 2.53 bits per heavy atom. The van der Waals surface area contributed by atoms with E-state index in [2.05, 4.69) is 49.5 Å². The minimum absolute atomic E-state index is 0.0600. The summed E-state index contributed by atoms with van der Waals surface area (Å²) in [7, 11) is 0. The van der Waals surface area contributed by atoms with E-state index >= 15 is 0 Å². The lowest BCUT2D eigenvalue weighted by molar-refractivity contribution is 0.289. The third-order valence-corrected chi connectivity index (χ3v) is 4.68. The van der Waals surface area contributed by atoms with Gasteiger partial charge < -0.3 is 11.1 Å². The lowest BCUT2D eigenvalue weighted by Crippen LogP contribution is -2.53. The van der Waals surface area contributed by atoms with Gasteiger partial charge in [-0.1, -0.05) is 44.2 Å². The Balaban J connectivity index is 1.95. The molecule has 0 aromatic heterocycles. The van der Waals surface area contributed by atoms with Crippen LogP contribution in [0.4, 0.5) is 0 Å². The van der Waals surface area contributed by atoms with E-state index in [4.69, 9.17) is 5.73 Å². The second-order valence-electron chi connectivity index (χ2n) is 6.20. The molecule has 106 valence electrons. The molecule has 1 fully saturated rings. The molecule has 19 heavy (non-hydrogen) atoms. The summed E-state index contributed by atoms with van der Waals surface area (Å²) in [6.07, 6.45) is 4.95. The predicted octanol–water partition coefficient (Wildman–Crippen LogP) is 2.97. The van der Waals surface area contributed by atoms with Gasteiger partial charge in [0.15, 0.2) is 0 Å². The molecular weight excluding hydrogens is 232 g/mol. The molecule has 0 saturated heterocycles. The van der Waals surface area contributed by atoms with Crippen LogP contribution in [-0.2, 0) is 6.42 Å². The molecule has 1 aromatic rings. The topological polar surface area (TPSA) is 38.0 Å². The van der Waals surface area contributed by atoms with Crippen molar-refractivity contribution in [1.29, 1.82) is 0 Å². The number of nitrogens with one attached hydrogen (secondary N) is 1. The first-order valence-electron chi connectivity index (χ1n) is 7.68. The van der Waals surface area contributed by atoms with Crippen molar-refractivity contribution in [1.82, 2.24) is 5.32 Å². The van der Waals surface area contributed by atoms with Gasteiger partial charge in [0.1, 0.15) is 0 Å². The molecule has 2 heteroatoms. The van der Waals surface area contributed by atoms with Gasteiger partial charge in [0.25, 0.3) is 0 Å². The summed E-state index contributed by atoms with van der Waals surface area (Å²) in [5.41, 5.74) is 7.52. The van der Waals surface area contributed by atoms with E-state index in [0.717, 1.165) is 31.2 Å². The molecule has 0 aliphatic heterocycles. The van der Waals surface area contributed by atoms with Crippen LogP contribution in [0.15, 0.2) is 30.3 Å². The first-order valence-corrected chi connectivity index (χ1v) is 7.68. The maximum absolute atomic E-state index is 6.08. The molecule has 2 nitrogen and oxygen atoms in total. The highest BCUT2D eigenvalue weighted by Gasteiger charge is 2.31. The van der Waals surface area contributed by atoms with E-state index in [1.54, 1.807) is 0 Å². The second-order valence-corrected chi connectivity index (χ2v) is 6.20. The Morgan fingerprint density at radius 2 is 2.00 bits per heavy atom. The molecule has 2 rings (SSSR count). The van der Waals surface area contributed by atoms with Crippen LogP contribution in [0.3, 0.4) is 0 Å². The van der Waals surface area contributed by atoms with Crippen LogP contribution in [0, 0.1) is 11.8 Å². The maximum Gasteiger partial charge on any atom is 0.0342 e. The molecule has 0 bridgehead atoms. The van der Waals surface area contributed by atoms with Crippen LogP contribution >= 0.6 is 0 Å². The van der Waals surface area contributed by atoms with E-state index in [-0.39, 0.29) is 5.54 Å². The molecule has 1 aliphatic carbocycles. The van der Waals surface area contributed by atoms with Crippen LogP contribution in [0.1, 0.15) is 38.7 Å². The minimum atomic E-state index is 0.0600. The maximum atomic E-state index is 6.08. The summed E-state index contributed by atoms with van der Waals surface area (Å²) in [6.45, 7) is 6.41. The third-order valence-electron chi connectivity index (χ3n) is 4.68. The zero-order valence-corrected chi connectivity index (χ0v) is 12.4. The Labute approximate surface area is 117 Å². The molecule has 0 amide bonds. The number of nitrogens with two attached hydrogens (primary N) is 1. The first kappa shape index (κ1) is 14.5. The van der Waals surface area contributed by atoms with Gasteiger partial charge >= 0.3 is 0 Å². The standard InChI is InChI=1S/C17H28N2/c1-3-17(13-18,11-15-7-5-4-6-8-15)19-12-14(2)16-9-10-16/h4-8,14,16,19H,3,9-13,18H2,1-2H3. The second kappa shape index (κ2) is 6.53. The van der Waals surface area contributed by atoms with Crippen LogP contribution in [-0.4, -0.2) is 18.6 Å². The van der Waals surface area contributed by atoms with E-state index in [0.29, 0.717) is 6.54 Å². The highest BCUT2D eigenvalue weighted by atomic mass is 15.0. The summed E-state index contributed by atoms with van der Waals surface area (Å²) >= 11 is 0. The lowest BCUT2D eigenvalue weighted by Gasteiger charge is -2.34. The van der Waals surface area contributed by atoms with E-state index in [1.165, 1.54) is 18.4 Å². The molecule has 0 spiro atoms. The third kappa shape index (κ3) is 4.05. The molecular formula is C17H28N2. The number of hydrogen-bond acceptors (Lipinski definition) is 2. The minimum Gasteiger partial charge on any atom is -0.329 e. The number of hydrogen-bond donors (Lipinski definition) is 2. The fourth-order valence-corrected chi connectivity index (χ4v) is 2.80. The van der Waals surface area contributed by atoms with Gasteiger partial charge in [-0.15, -0.1) is 0 Å². The van der Waals surface area contributed by atoms with Gasteiger partial charge in [-0.05, 0) is 49.6 Å². The molecule has 1 aliphatic rings. The van der Waals surface area contributed by atoms with Gasteiger partial charge in [0, 0.05) is 12.1 Å². The van der Waals surface area contributed by atoms with Gasteiger partial charge in [-0.3, -0.25) is 0 Å². The Bertz CT molecular complexity index is 366. The summed E-state index contributed by atoms with van der Waals surface area (Å²) in [5, 5.41) is 3.78. The normalized spacial score (nSPS) is 19.9. The van der Waals surface area contributed by atoms with Crippen LogP contribution in [0.5, 0.6) is 0 Å². The average molecular weight is 260 g/mol. The smallest absolute Gasteiger partial charge is 0.0342 e. The molecule has 0 radical (unpaired) electrons. The average Bonchev–Trinajstić information content (AvgIpc) is 3.29. The Morgan fingerprint density at radius 1 is 1.32 bits per heavy atom. The van der Waals surface area contributed by atoms with Gasteiger partial charge in [0.2, 0.25) is 0 Å². The van der Waals surface area contributed by atoms with Crippen molar-refractivity contribution in [2.24, 2.45) is 17.6 Å². The van der Waals surface area contributed by atoms with Crippen molar-refractivity contribution in [2.75, 3.05) is 13.1 Å². The van der Waals surface area contributed by atoms with Crippen molar-refractivity contribution in [2.45, 2.75) is 45.1 Å². The summed E-state index contributed by atoms with van der Waals surface area (Å²) < 4.78 is 0. The molecule has 3 N–H and O–H groups in total. The van der Waals surface area contributed by atoms with Gasteiger partial charge in [-0.25, -0.2) is 0 Å². The molecule has 2 unspecified atom stereocenters. The van der Waals surface area contributed by atoms with Crippen molar-refractivity contribution in [3.8, 4) is 0 Å². The summed E-state index contributed by atoms with van der Waals surface area (Å²) in [5.74, 6) is 1.74. The van der Waals surface area contributed by atoms with E-state index in [9.17, 15) is 0 Å².